The molecule has 11 heteroatoms. The summed E-state index contributed by atoms with van der Waals surface area (Å²) in [5, 5.41) is 7.00. The molecule has 2 N–H and O–H groups in total. The van der Waals surface area contributed by atoms with E-state index in [4.69, 9.17) is 0 Å². The summed E-state index contributed by atoms with van der Waals surface area (Å²) in [4.78, 5) is 30.6. The minimum atomic E-state index is -3.67. The van der Waals surface area contributed by atoms with Gasteiger partial charge in [-0.15, -0.1) is 5.92 Å². The average molecular weight is 530 g/mol. The molecule has 1 saturated heterocycles. The van der Waals surface area contributed by atoms with E-state index in [0.717, 1.165) is 37.9 Å². The average Bonchev–Trinajstić information content (AvgIpc) is 2.92. The molecule has 0 amide bonds. The fraction of sp³-hybridized carbons (Fsp3) is 0.296. The van der Waals surface area contributed by atoms with Crippen LogP contribution in [0.3, 0.4) is 0 Å². The number of hydrogen-bond acceptors (Lipinski definition) is 9. The van der Waals surface area contributed by atoms with Crippen molar-refractivity contribution in [1.82, 2.24) is 29.8 Å². The molecule has 0 unspecified atom stereocenters. The molecule has 1 fully saturated rings. The normalized spacial score (nSPS) is 14.2. The molecule has 4 heterocycles. The Morgan fingerprint density at radius 1 is 1.11 bits per heavy atom. The second-order valence-corrected chi connectivity index (χ2v) is 11.1. The van der Waals surface area contributed by atoms with E-state index in [-0.39, 0.29) is 22.8 Å². The van der Waals surface area contributed by atoms with Crippen molar-refractivity contribution in [3.05, 3.63) is 76.1 Å². The van der Waals surface area contributed by atoms with Crippen LogP contribution in [-0.2, 0) is 16.4 Å². The second kappa shape index (κ2) is 10.7. The Labute approximate surface area is 220 Å². The standard InChI is InChI=1S/C27H27N7O3S/c1-3-4-20-15-21-16-31-27(32-22-7-5-18(6-8-22)19-9-11-28-12-10-19)33-24(21)34(26(20)35)17-23-25(38(2,36)37)30-14-13-29-23/h5-8,13-16,19,28H,9-12,17H2,1-2H3,(H,31,32,33). The van der Waals surface area contributed by atoms with Gasteiger partial charge in [0.05, 0.1) is 17.8 Å². The van der Waals surface area contributed by atoms with Crippen molar-refractivity contribution in [3.63, 3.8) is 0 Å². The van der Waals surface area contributed by atoms with Crippen molar-refractivity contribution in [3.8, 4) is 11.8 Å². The summed E-state index contributed by atoms with van der Waals surface area (Å²) < 4.78 is 25.9. The second-order valence-electron chi connectivity index (χ2n) is 9.15. The molecule has 38 heavy (non-hydrogen) atoms. The molecule has 0 radical (unpaired) electrons. The van der Waals surface area contributed by atoms with Crippen molar-refractivity contribution >= 4 is 32.5 Å². The maximum Gasteiger partial charge on any atom is 0.268 e. The first-order valence-electron chi connectivity index (χ1n) is 12.2. The zero-order valence-corrected chi connectivity index (χ0v) is 21.9. The number of nitrogens with zero attached hydrogens (tertiary/aromatic N) is 5. The summed E-state index contributed by atoms with van der Waals surface area (Å²) in [5.41, 5.74) is 2.43. The first-order valence-corrected chi connectivity index (χ1v) is 14.1. The third-order valence-electron chi connectivity index (χ3n) is 6.46. The van der Waals surface area contributed by atoms with Crippen LogP contribution in [0.1, 0.15) is 42.5 Å². The van der Waals surface area contributed by atoms with E-state index in [0.29, 0.717) is 22.9 Å². The third-order valence-corrected chi connectivity index (χ3v) is 7.50. The van der Waals surface area contributed by atoms with Crippen molar-refractivity contribution < 1.29 is 8.42 Å². The Hall–Kier alpha value is -4.14. The number of rotatable bonds is 6. The predicted octanol–water partition coefficient (Wildman–Crippen LogP) is 2.62. The number of sulfone groups is 1. The maximum atomic E-state index is 13.4. The number of piperidine rings is 1. The highest BCUT2D eigenvalue weighted by atomic mass is 32.2. The quantitative estimate of drug-likeness (QED) is 0.362. The van der Waals surface area contributed by atoms with Crippen LogP contribution in [0.4, 0.5) is 11.6 Å². The molecule has 0 aliphatic carbocycles. The number of benzene rings is 1. The zero-order chi connectivity index (χ0) is 26.7. The Morgan fingerprint density at radius 2 is 1.84 bits per heavy atom. The van der Waals surface area contributed by atoms with Crippen LogP contribution in [0.25, 0.3) is 11.0 Å². The van der Waals surface area contributed by atoms with Crippen LogP contribution in [-0.4, -0.2) is 52.3 Å². The van der Waals surface area contributed by atoms with Crippen LogP contribution in [0.2, 0.25) is 0 Å². The Bertz CT molecular complexity index is 1720. The number of pyridine rings is 1. The molecule has 5 rings (SSSR count). The van der Waals surface area contributed by atoms with E-state index >= 15 is 0 Å². The first-order chi connectivity index (χ1) is 18.3. The third kappa shape index (κ3) is 5.41. The van der Waals surface area contributed by atoms with Gasteiger partial charge in [0.1, 0.15) is 5.65 Å². The Morgan fingerprint density at radius 3 is 2.55 bits per heavy atom. The van der Waals surface area contributed by atoms with E-state index in [9.17, 15) is 13.2 Å². The minimum absolute atomic E-state index is 0.140. The van der Waals surface area contributed by atoms with Gasteiger partial charge in [-0.3, -0.25) is 14.3 Å². The van der Waals surface area contributed by atoms with Crippen LogP contribution in [0, 0.1) is 11.8 Å². The summed E-state index contributed by atoms with van der Waals surface area (Å²) in [6.45, 7) is 3.55. The zero-order valence-electron chi connectivity index (χ0n) is 21.1. The molecule has 0 atom stereocenters. The van der Waals surface area contributed by atoms with Crippen LogP contribution in [0.15, 0.2) is 58.7 Å². The molecule has 0 bridgehead atoms. The molecule has 3 aromatic heterocycles. The first kappa shape index (κ1) is 25.5. The highest BCUT2D eigenvalue weighted by Crippen LogP contribution is 2.27. The molecule has 0 saturated carbocycles. The summed E-state index contributed by atoms with van der Waals surface area (Å²) in [5.74, 6) is 6.41. The lowest BCUT2D eigenvalue weighted by molar-refractivity contribution is 0.460. The van der Waals surface area contributed by atoms with Crippen LogP contribution >= 0.6 is 0 Å². The number of anilines is 2. The molecule has 4 aromatic rings. The van der Waals surface area contributed by atoms with Gasteiger partial charge in [0.25, 0.3) is 5.56 Å². The van der Waals surface area contributed by atoms with Crippen LogP contribution < -0.4 is 16.2 Å². The lowest BCUT2D eigenvalue weighted by atomic mass is 9.90. The van der Waals surface area contributed by atoms with Crippen molar-refractivity contribution in [2.24, 2.45) is 0 Å². The van der Waals surface area contributed by atoms with Gasteiger partial charge in [-0.1, -0.05) is 18.1 Å². The number of nitrogens with one attached hydrogen (secondary N) is 2. The SMILES string of the molecule is CC#Cc1cc2cnc(Nc3ccc(C4CCNCC4)cc3)nc2n(Cc2nccnc2S(C)(=O)=O)c1=O. The van der Waals surface area contributed by atoms with Gasteiger partial charge in [0, 0.05) is 35.9 Å². The number of fused-ring (bicyclic) bond motifs is 1. The highest BCUT2D eigenvalue weighted by Gasteiger charge is 2.20. The molecule has 1 aromatic carbocycles. The molecular weight excluding hydrogens is 502 g/mol. The largest absolute Gasteiger partial charge is 0.324 e. The fourth-order valence-electron chi connectivity index (χ4n) is 4.64. The van der Waals surface area contributed by atoms with Gasteiger partial charge in [0.2, 0.25) is 5.95 Å². The summed E-state index contributed by atoms with van der Waals surface area (Å²) in [7, 11) is -3.67. The van der Waals surface area contributed by atoms with Gasteiger partial charge in [-0.2, -0.15) is 4.98 Å². The van der Waals surface area contributed by atoms with Gasteiger partial charge in [-0.25, -0.2) is 18.4 Å². The molecule has 194 valence electrons. The van der Waals surface area contributed by atoms with Crippen molar-refractivity contribution in [1.29, 1.82) is 0 Å². The van der Waals surface area contributed by atoms with Gasteiger partial charge in [0.15, 0.2) is 14.9 Å². The summed E-state index contributed by atoms with van der Waals surface area (Å²) in [6.07, 6.45) is 7.60. The maximum absolute atomic E-state index is 13.4. The van der Waals surface area contributed by atoms with Crippen molar-refractivity contribution in [2.75, 3.05) is 24.7 Å². The van der Waals surface area contributed by atoms with Crippen molar-refractivity contribution in [2.45, 2.75) is 37.3 Å². The Balaban J connectivity index is 1.53. The van der Waals surface area contributed by atoms with E-state index in [1.807, 2.05) is 12.1 Å². The van der Waals surface area contributed by atoms with E-state index in [1.165, 1.54) is 22.5 Å². The molecule has 1 aliphatic rings. The highest BCUT2D eigenvalue weighted by molar-refractivity contribution is 7.90. The molecule has 1 aliphatic heterocycles. The smallest absolute Gasteiger partial charge is 0.268 e. The minimum Gasteiger partial charge on any atom is -0.324 e. The lowest BCUT2D eigenvalue weighted by Crippen LogP contribution is -2.26. The predicted molar refractivity (Wildman–Crippen MR) is 145 cm³/mol. The molecule has 0 spiro atoms. The van der Waals surface area contributed by atoms with Gasteiger partial charge >= 0.3 is 0 Å². The monoisotopic (exact) mass is 529 g/mol. The molecule has 10 nitrogen and oxygen atoms in total. The van der Waals surface area contributed by atoms with E-state index in [2.05, 4.69) is 54.5 Å². The van der Waals surface area contributed by atoms with E-state index in [1.54, 1.807) is 19.2 Å². The number of aromatic nitrogens is 5. The van der Waals surface area contributed by atoms with Gasteiger partial charge in [-0.05, 0) is 62.5 Å². The molecular formula is C27H27N7O3S. The Kier molecular flexibility index (Phi) is 7.18. The number of hydrogen-bond donors (Lipinski definition) is 2. The van der Waals surface area contributed by atoms with E-state index < -0.39 is 15.4 Å². The lowest BCUT2D eigenvalue weighted by Gasteiger charge is -2.23. The van der Waals surface area contributed by atoms with Gasteiger partial charge < -0.3 is 10.6 Å². The topological polar surface area (TPSA) is 132 Å². The summed E-state index contributed by atoms with van der Waals surface area (Å²) >= 11 is 0. The van der Waals surface area contributed by atoms with Crippen LogP contribution in [0.5, 0.6) is 0 Å². The fourth-order valence-corrected chi connectivity index (χ4v) is 5.43. The summed E-state index contributed by atoms with van der Waals surface area (Å²) in [6, 6.07) is 9.86.